The molecule has 0 unspecified atom stereocenters. The summed E-state index contributed by atoms with van der Waals surface area (Å²) in [5, 5.41) is 0. The van der Waals surface area contributed by atoms with Crippen LogP contribution in [0.5, 0.6) is 0 Å². The Morgan fingerprint density at radius 3 is 2.23 bits per heavy atom. The second kappa shape index (κ2) is 5.77. The lowest BCUT2D eigenvalue weighted by Gasteiger charge is -2.09. The summed E-state index contributed by atoms with van der Waals surface area (Å²) < 4.78 is 26.5. The summed E-state index contributed by atoms with van der Waals surface area (Å²) in [6.45, 7) is 1.88. The summed E-state index contributed by atoms with van der Waals surface area (Å²) >= 11 is 0. The molecule has 0 fully saturated rings. The van der Waals surface area contributed by atoms with Gasteiger partial charge in [0.2, 0.25) is 0 Å². The van der Waals surface area contributed by atoms with Crippen molar-refractivity contribution >= 4 is 10.0 Å². The van der Waals surface area contributed by atoms with Gasteiger partial charge in [-0.25, -0.2) is 17.4 Å². The predicted octanol–water partition coefficient (Wildman–Crippen LogP) is 3.35. The lowest BCUT2D eigenvalue weighted by atomic mass is 10.1. The van der Waals surface area contributed by atoms with Crippen molar-refractivity contribution in [2.24, 2.45) is 0 Å². The minimum absolute atomic E-state index is 0.264. The van der Waals surface area contributed by atoms with Crippen LogP contribution in [0.2, 0.25) is 0 Å². The number of aryl methyl sites for hydroxylation is 1. The Balaban J connectivity index is 1.99. The fourth-order valence-corrected chi connectivity index (χ4v) is 3.73. The second-order valence-corrected chi connectivity index (χ2v) is 6.70. The summed E-state index contributed by atoms with van der Waals surface area (Å²) in [7, 11) is -3.58. The highest BCUT2D eigenvalue weighted by atomic mass is 32.2. The zero-order chi connectivity index (χ0) is 15.6. The molecule has 0 atom stereocenters. The van der Waals surface area contributed by atoms with Crippen molar-refractivity contribution < 1.29 is 8.42 Å². The van der Waals surface area contributed by atoms with Gasteiger partial charge in [0.15, 0.2) is 0 Å². The van der Waals surface area contributed by atoms with Crippen LogP contribution in [0.15, 0.2) is 71.9 Å². The number of hydrogen-bond acceptors (Lipinski definition) is 3. The molecule has 4 nitrogen and oxygen atoms in total. The first-order valence-corrected chi connectivity index (χ1v) is 8.50. The van der Waals surface area contributed by atoms with Crippen LogP contribution in [-0.4, -0.2) is 17.4 Å². The molecule has 112 valence electrons. The van der Waals surface area contributed by atoms with E-state index in [1.165, 1.54) is 16.4 Å². The minimum Gasteiger partial charge on any atom is -0.241 e. The van der Waals surface area contributed by atoms with Gasteiger partial charge in [-0.3, -0.25) is 0 Å². The number of nitrogens with zero attached hydrogens (tertiary/aromatic N) is 2. The van der Waals surface area contributed by atoms with E-state index in [2.05, 4.69) is 4.98 Å². The second-order valence-electron chi connectivity index (χ2n) is 4.89. The van der Waals surface area contributed by atoms with Gasteiger partial charge in [-0.2, -0.15) is 0 Å². The van der Waals surface area contributed by atoms with Gasteiger partial charge < -0.3 is 0 Å². The molecule has 0 aliphatic heterocycles. The van der Waals surface area contributed by atoms with Crippen molar-refractivity contribution in [3.05, 3.63) is 72.8 Å². The Morgan fingerprint density at radius 1 is 0.955 bits per heavy atom. The first kappa shape index (κ1) is 14.5. The van der Waals surface area contributed by atoms with Crippen molar-refractivity contribution in [2.45, 2.75) is 18.2 Å². The summed E-state index contributed by atoms with van der Waals surface area (Å²) in [6, 6.07) is 16.8. The van der Waals surface area contributed by atoms with Gasteiger partial charge >= 0.3 is 0 Å². The topological polar surface area (TPSA) is 52.0 Å². The van der Waals surface area contributed by atoms with E-state index in [0.717, 1.165) is 11.1 Å². The van der Waals surface area contributed by atoms with E-state index < -0.39 is 10.0 Å². The van der Waals surface area contributed by atoms with Crippen LogP contribution in [0.3, 0.4) is 0 Å². The van der Waals surface area contributed by atoms with E-state index in [9.17, 15) is 8.42 Å². The Hall–Kier alpha value is -2.40. The van der Waals surface area contributed by atoms with Crippen LogP contribution in [0.4, 0.5) is 0 Å². The van der Waals surface area contributed by atoms with Gasteiger partial charge in [0.1, 0.15) is 5.82 Å². The first-order chi connectivity index (χ1) is 10.6. The van der Waals surface area contributed by atoms with Crippen LogP contribution in [0, 0.1) is 0 Å². The average molecular weight is 312 g/mol. The lowest BCUT2D eigenvalue weighted by Crippen LogP contribution is -2.14. The minimum atomic E-state index is -3.58. The monoisotopic (exact) mass is 312 g/mol. The van der Waals surface area contributed by atoms with Gasteiger partial charge in [-0.1, -0.05) is 49.4 Å². The third kappa shape index (κ3) is 2.55. The molecule has 0 bridgehead atoms. The smallest absolute Gasteiger partial charge is 0.241 e. The fraction of sp³-hybridized carbons (Fsp3) is 0.118. The number of imidazole rings is 1. The van der Waals surface area contributed by atoms with Crippen molar-refractivity contribution in [1.82, 2.24) is 8.96 Å². The summed E-state index contributed by atoms with van der Waals surface area (Å²) in [6.07, 6.45) is 3.56. The Labute approximate surface area is 130 Å². The molecule has 0 saturated heterocycles. The molecule has 0 spiro atoms. The number of rotatable bonds is 4. The van der Waals surface area contributed by atoms with E-state index in [1.807, 2.05) is 49.4 Å². The van der Waals surface area contributed by atoms with Crippen LogP contribution >= 0.6 is 0 Å². The normalized spacial score (nSPS) is 11.5. The molecule has 0 aliphatic rings. The summed E-state index contributed by atoms with van der Waals surface area (Å²) in [4.78, 5) is 4.34. The molecule has 5 heteroatoms. The fourth-order valence-electron chi connectivity index (χ4n) is 2.35. The quantitative estimate of drug-likeness (QED) is 0.742. The SMILES string of the molecule is CCc1nccn1S(=O)(=O)c1ccc(-c2ccccc2)cc1. The van der Waals surface area contributed by atoms with E-state index in [1.54, 1.807) is 12.1 Å². The molecule has 22 heavy (non-hydrogen) atoms. The molecule has 2 aromatic carbocycles. The third-order valence-corrected chi connectivity index (χ3v) is 5.23. The van der Waals surface area contributed by atoms with Crippen LogP contribution < -0.4 is 0 Å². The molecule has 3 aromatic rings. The Bertz CT molecular complexity index is 867. The van der Waals surface area contributed by atoms with Crippen LogP contribution in [-0.2, 0) is 16.4 Å². The van der Waals surface area contributed by atoms with Crippen LogP contribution in [0.25, 0.3) is 11.1 Å². The first-order valence-electron chi connectivity index (χ1n) is 7.06. The van der Waals surface area contributed by atoms with E-state index >= 15 is 0 Å². The molecule has 0 amide bonds. The highest BCUT2D eigenvalue weighted by Gasteiger charge is 2.19. The zero-order valence-electron chi connectivity index (χ0n) is 12.2. The molecular weight excluding hydrogens is 296 g/mol. The third-order valence-electron chi connectivity index (χ3n) is 3.51. The number of benzene rings is 2. The maximum atomic E-state index is 12.6. The largest absolute Gasteiger partial charge is 0.269 e. The van der Waals surface area contributed by atoms with Crippen molar-refractivity contribution in [1.29, 1.82) is 0 Å². The van der Waals surface area contributed by atoms with E-state index in [0.29, 0.717) is 12.2 Å². The van der Waals surface area contributed by atoms with Gasteiger partial charge in [0.25, 0.3) is 10.0 Å². The maximum absolute atomic E-state index is 12.6. The van der Waals surface area contributed by atoms with Crippen molar-refractivity contribution in [3.63, 3.8) is 0 Å². The van der Waals surface area contributed by atoms with Gasteiger partial charge in [0.05, 0.1) is 4.90 Å². The molecule has 1 aromatic heterocycles. The van der Waals surface area contributed by atoms with Gasteiger partial charge in [0, 0.05) is 18.8 Å². The maximum Gasteiger partial charge on any atom is 0.269 e. The number of aromatic nitrogens is 2. The van der Waals surface area contributed by atoms with Crippen LogP contribution in [0.1, 0.15) is 12.7 Å². The van der Waals surface area contributed by atoms with Crippen molar-refractivity contribution in [3.8, 4) is 11.1 Å². The molecule has 3 rings (SSSR count). The summed E-state index contributed by atoms with van der Waals surface area (Å²) in [5.74, 6) is 0.534. The molecular formula is C17H16N2O2S. The predicted molar refractivity (Wildman–Crippen MR) is 86.1 cm³/mol. The Kier molecular flexibility index (Phi) is 3.81. The molecule has 0 radical (unpaired) electrons. The highest BCUT2D eigenvalue weighted by Crippen LogP contribution is 2.22. The van der Waals surface area contributed by atoms with E-state index in [4.69, 9.17) is 0 Å². The molecule has 1 heterocycles. The lowest BCUT2D eigenvalue weighted by molar-refractivity contribution is 0.584. The zero-order valence-corrected chi connectivity index (χ0v) is 13.0. The average Bonchev–Trinajstić information content (AvgIpc) is 3.05. The van der Waals surface area contributed by atoms with Crippen molar-refractivity contribution in [2.75, 3.05) is 0 Å². The molecule has 0 N–H and O–H groups in total. The highest BCUT2D eigenvalue weighted by molar-refractivity contribution is 7.90. The standard InChI is InChI=1S/C17H16N2O2S/c1-2-17-18-12-13-19(17)22(20,21)16-10-8-15(9-11-16)14-6-4-3-5-7-14/h3-13H,2H2,1H3. The summed E-state index contributed by atoms with van der Waals surface area (Å²) in [5.41, 5.74) is 2.05. The molecule has 0 saturated carbocycles. The van der Waals surface area contributed by atoms with Gasteiger partial charge in [-0.05, 0) is 23.3 Å². The van der Waals surface area contributed by atoms with Gasteiger partial charge in [-0.15, -0.1) is 0 Å². The van der Waals surface area contributed by atoms with E-state index in [-0.39, 0.29) is 4.90 Å². The number of hydrogen-bond donors (Lipinski definition) is 0. The Morgan fingerprint density at radius 2 is 1.59 bits per heavy atom. The molecule has 0 aliphatic carbocycles.